The first-order chi connectivity index (χ1) is 9.02. The Morgan fingerprint density at radius 1 is 1.21 bits per heavy atom. The standard InChI is InChI=1S/C16H22O2S/c1-4-6-8-15(9-7-5-2)19(17,18)16-12-10-14(3)11-13-16/h6,10-13H,4-5,7,9H2,1-3H3. The summed E-state index contributed by atoms with van der Waals surface area (Å²) in [5, 5.41) is 0. The molecule has 0 atom stereocenters. The molecule has 1 aromatic rings. The maximum atomic E-state index is 12.5. The van der Waals surface area contributed by atoms with E-state index in [1.54, 1.807) is 18.2 Å². The van der Waals surface area contributed by atoms with Crippen molar-refractivity contribution >= 4 is 9.84 Å². The van der Waals surface area contributed by atoms with Gasteiger partial charge in [-0.25, -0.2) is 8.42 Å². The SMILES string of the molecule is CCC=C=C(CCCC)S(=O)(=O)c1ccc(C)cc1. The fourth-order valence-electron chi connectivity index (χ4n) is 1.70. The third-order valence-corrected chi connectivity index (χ3v) is 4.74. The highest BCUT2D eigenvalue weighted by Gasteiger charge is 2.19. The Bertz CT molecular complexity index is 559. The van der Waals surface area contributed by atoms with Gasteiger partial charge in [-0.3, -0.25) is 0 Å². The van der Waals surface area contributed by atoms with Crippen LogP contribution in [0.15, 0.2) is 45.9 Å². The van der Waals surface area contributed by atoms with E-state index < -0.39 is 9.84 Å². The molecule has 1 rings (SSSR count). The second-order valence-electron chi connectivity index (χ2n) is 4.60. The van der Waals surface area contributed by atoms with Gasteiger partial charge in [-0.1, -0.05) is 38.0 Å². The minimum atomic E-state index is -3.39. The summed E-state index contributed by atoms with van der Waals surface area (Å²) in [4.78, 5) is 0.765. The fraction of sp³-hybridized carbons (Fsp3) is 0.438. The van der Waals surface area contributed by atoms with E-state index in [0.29, 0.717) is 16.2 Å². The van der Waals surface area contributed by atoms with Gasteiger partial charge in [-0.15, -0.1) is 5.73 Å². The Balaban J connectivity index is 3.19. The molecule has 0 saturated carbocycles. The van der Waals surface area contributed by atoms with Gasteiger partial charge in [-0.05, 0) is 44.4 Å². The van der Waals surface area contributed by atoms with Gasteiger partial charge in [-0.2, -0.15) is 0 Å². The van der Waals surface area contributed by atoms with E-state index in [4.69, 9.17) is 0 Å². The molecule has 0 radical (unpaired) electrons. The largest absolute Gasteiger partial charge is 0.218 e. The molecule has 3 heteroatoms. The summed E-state index contributed by atoms with van der Waals surface area (Å²) in [5.74, 6) is 0. The smallest absolute Gasteiger partial charge is 0.210 e. The molecule has 0 bridgehead atoms. The van der Waals surface area contributed by atoms with Crippen molar-refractivity contribution in [3.05, 3.63) is 46.5 Å². The number of rotatable bonds is 6. The van der Waals surface area contributed by atoms with E-state index in [2.05, 4.69) is 12.7 Å². The lowest BCUT2D eigenvalue weighted by molar-refractivity contribution is 0.599. The van der Waals surface area contributed by atoms with Crippen molar-refractivity contribution < 1.29 is 8.42 Å². The molecule has 0 N–H and O–H groups in total. The Labute approximate surface area is 116 Å². The molecule has 104 valence electrons. The number of unbranched alkanes of at least 4 members (excludes halogenated alkanes) is 1. The molecular formula is C16H22O2S. The van der Waals surface area contributed by atoms with E-state index in [1.807, 2.05) is 26.0 Å². The lowest BCUT2D eigenvalue weighted by Crippen LogP contribution is -2.04. The Kier molecular flexibility index (Phi) is 6.07. The third kappa shape index (κ3) is 4.38. The van der Waals surface area contributed by atoms with E-state index in [1.165, 1.54) is 0 Å². The predicted molar refractivity (Wildman–Crippen MR) is 79.8 cm³/mol. The van der Waals surface area contributed by atoms with Gasteiger partial charge in [0.1, 0.15) is 0 Å². The van der Waals surface area contributed by atoms with E-state index in [0.717, 1.165) is 24.8 Å². The zero-order valence-electron chi connectivity index (χ0n) is 11.9. The van der Waals surface area contributed by atoms with Crippen molar-refractivity contribution in [2.45, 2.75) is 51.3 Å². The summed E-state index contributed by atoms with van der Waals surface area (Å²) in [7, 11) is -3.39. The van der Waals surface area contributed by atoms with Gasteiger partial charge in [0.05, 0.1) is 9.80 Å². The van der Waals surface area contributed by atoms with E-state index in [-0.39, 0.29) is 0 Å². The van der Waals surface area contributed by atoms with Gasteiger partial charge in [0, 0.05) is 0 Å². The molecule has 2 nitrogen and oxygen atoms in total. The molecule has 0 aliphatic rings. The second-order valence-corrected chi connectivity index (χ2v) is 6.57. The summed E-state index contributed by atoms with van der Waals surface area (Å²) in [6.07, 6.45) is 4.98. The predicted octanol–water partition coefficient (Wildman–Crippen LogP) is 4.41. The van der Waals surface area contributed by atoms with Crippen LogP contribution in [0, 0.1) is 6.92 Å². The van der Waals surface area contributed by atoms with Crippen molar-refractivity contribution in [2.75, 3.05) is 0 Å². The molecule has 0 aliphatic carbocycles. The van der Waals surface area contributed by atoms with Crippen molar-refractivity contribution in [2.24, 2.45) is 0 Å². The quantitative estimate of drug-likeness (QED) is 0.722. The first kappa shape index (κ1) is 15.7. The Morgan fingerprint density at radius 2 is 1.84 bits per heavy atom. The summed E-state index contributed by atoms with van der Waals surface area (Å²) in [6.45, 7) is 5.98. The third-order valence-electron chi connectivity index (χ3n) is 2.88. The first-order valence-corrected chi connectivity index (χ1v) is 8.26. The minimum Gasteiger partial charge on any atom is -0.218 e. The maximum Gasteiger partial charge on any atom is 0.210 e. The number of hydrogen-bond donors (Lipinski definition) is 0. The van der Waals surface area contributed by atoms with Crippen LogP contribution in [0.1, 0.15) is 45.1 Å². The number of allylic oxidation sites excluding steroid dienone is 1. The molecule has 19 heavy (non-hydrogen) atoms. The van der Waals surface area contributed by atoms with Crippen LogP contribution < -0.4 is 0 Å². The highest BCUT2D eigenvalue weighted by molar-refractivity contribution is 7.95. The zero-order valence-corrected chi connectivity index (χ0v) is 12.8. The number of aryl methyl sites for hydroxylation is 1. The van der Waals surface area contributed by atoms with Crippen LogP contribution in [0.5, 0.6) is 0 Å². The lowest BCUT2D eigenvalue weighted by atomic mass is 10.2. The van der Waals surface area contributed by atoms with Crippen molar-refractivity contribution in [3.63, 3.8) is 0 Å². The molecule has 0 spiro atoms. The molecule has 0 saturated heterocycles. The molecule has 0 aliphatic heterocycles. The molecule has 0 heterocycles. The van der Waals surface area contributed by atoms with E-state index >= 15 is 0 Å². The molecule has 0 unspecified atom stereocenters. The first-order valence-electron chi connectivity index (χ1n) is 6.78. The molecule has 1 aromatic carbocycles. The van der Waals surface area contributed by atoms with Crippen molar-refractivity contribution in [3.8, 4) is 0 Å². The second kappa shape index (κ2) is 7.32. The van der Waals surface area contributed by atoms with Gasteiger partial charge >= 0.3 is 0 Å². The van der Waals surface area contributed by atoms with Crippen molar-refractivity contribution in [1.82, 2.24) is 0 Å². The van der Waals surface area contributed by atoms with Crippen LogP contribution in [0.2, 0.25) is 0 Å². The monoisotopic (exact) mass is 278 g/mol. The average Bonchev–Trinajstić information content (AvgIpc) is 2.39. The normalized spacial score (nSPS) is 10.9. The van der Waals surface area contributed by atoms with E-state index in [9.17, 15) is 8.42 Å². The highest BCUT2D eigenvalue weighted by Crippen LogP contribution is 2.23. The maximum absolute atomic E-state index is 12.5. The highest BCUT2D eigenvalue weighted by atomic mass is 32.2. The Hall–Kier alpha value is -1.31. The number of sulfone groups is 1. The summed E-state index contributed by atoms with van der Waals surface area (Å²) >= 11 is 0. The minimum absolute atomic E-state index is 0.362. The van der Waals surface area contributed by atoms with Crippen LogP contribution in [0.3, 0.4) is 0 Å². The van der Waals surface area contributed by atoms with Crippen LogP contribution in [-0.2, 0) is 9.84 Å². The van der Waals surface area contributed by atoms with Crippen LogP contribution >= 0.6 is 0 Å². The molecule has 0 amide bonds. The van der Waals surface area contributed by atoms with Crippen LogP contribution in [0.4, 0.5) is 0 Å². The van der Waals surface area contributed by atoms with Gasteiger partial charge < -0.3 is 0 Å². The lowest BCUT2D eigenvalue weighted by Gasteiger charge is -2.07. The zero-order chi connectivity index (χ0) is 14.3. The fourth-order valence-corrected chi connectivity index (χ4v) is 3.13. The number of benzene rings is 1. The van der Waals surface area contributed by atoms with Crippen molar-refractivity contribution in [1.29, 1.82) is 0 Å². The number of hydrogen-bond acceptors (Lipinski definition) is 2. The van der Waals surface area contributed by atoms with Gasteiger partial charge in [0.25, 0.3) is 0 Å². The Morgan fingerprint density at radius 3 is 2.37 bits per heavy atom. The topological polar surface area (TPSA) is 34.1 Å². The van der Waals surface area contributed by atoms with Crippen LogP contribution in [-0.4, -0.2) is 8.42 Å². The summed E-state index contributed by atoms with van der Waals surface area (Å²) in [6, 6.07) is 7.00. The molecular weight excluding hydrogens is 256 g/mol. The average molecular weight is 278 g/mol. The summed E-state index contributed by atoms with van der Waals surface area (Å²) in [5.41, 5.74) is 4.02. The summed E-state index contributed by atoms with van der Waals surface area (Å²) < 4.78 is 25.1. The molecule has 0 aromatic heterocycles. The van der Waals surface area contributed by atoms with Crippen LogP contribution in [0.25, 0.3) is 0 Å². The van der Waals surface area contributed by atoms with Gasteiger partial charge in [0.2, 0.25) is 9.84 Å². The van der Waals surface area contributed by atoms with Gasteiger partial charge in [0.15, 0.2) is 0 Å². The molecule has 0 fully saturated rings.